The predicted octanol–water partition coefficient (Wildman–Crippen LogP) is 3.01. The van der Waals surface area contributed by atoms with Gasteiger partial charge in [0, 0.05) is 12.2 Å². The number of hydrogen-bond acceptors (Lipinski definition) is 3. The molecular weight excluding hydrogens is 257 g/mol. The summed E-state index contributed by atoms with van der Waals surface area (Å²) in [5, 5.41) is 21.1. The van der Waals surface area contributed by atoms with Gasteiger partial charge in [-0.25, -0.2) is 0 Å². The zero-order chi connectivity index (χ0) is 14.6. The van der Waals surface area contributed by atoms with Gasteiger partial charge in [0.15, 0.2) is 0 Å². The van der Waals surface area contributed by atoms with Gasteiger partial charge >= 0.3 is 6.18 Å². The van der Waals surface area contributed by atoms with Crippen molar-refractivity contribution in [1.82, 2.24) is 0 Å². The van der Waals surface area contributed by atoms with E-state index in [1.807, 2.05) is 13.8 Å². The largest absolute Gasteiger partial charge is 0.417 e. The number of rotatable bonds is 4. The number of alkyl halides is 3. The van der Waals surface area contributed by atoms with Gasteiger partial charge in [0.05, 0.1) is 23.3 Å². The molecular formula is C13H15F3N2O. The average molecular weight is 272 g/mol. The maximum atomic E-state index is 12.6. The van der Waals surface area contributed by atoms with Crippen LogP contribution in [0.1, 0.15) is 25.0 Å². The van der Waals surface area contributed by atoms with Gasteiger partial charge in [-0.05, 0) is 24.1 Å². The predicted molar refractivity (Wildman–Crippen MR) is 65.5 cm³/mol. The van der Waals surface area contributed by atoms with Crippen LogP contribution in [0.2, 0.25) is 0 Å². The van der Waals surface area contributed by atoms with Gasteiger partial charge in [-0.2, -0.15) is 18.4 Å². The summed E-state index contributed by atoms with van der Waals surface area (Å²) in [6, 6.07) is 4.78. The Labute approximate surface area is 109 Å². The molecule has 1 unspecified atom stereocenters. The van der Waals surface area contributed by atoms with Gasteiger partial charge in [0.25, 0.3) is 0 Å². The zero-order valence-electron chi connectivity index (χ0n) is 10.6. The van der Waals surface area contributed by atoms with E-state index in [0.717, 1.165) is 12.1 Å². The molecule has 0 amide bonds. The number of halogens is 3. The highest BCUT2D eigenvalue weighted by Gasteiger charge is 2.33. The van der Waals surface area contributed by atoms with Crippen LogP contribution in [0, 0.1) is 17.2 Å². The number of nitrogens with one attached hydrogen (secondary N) is 1. The highest BCUT2D eigenvalue weighted by Crippen LogP contribution is 2.32. The fraction of sp³-hybridized carbons (Fsp3) is 0.462. The zero-order valence-corrected chi connectivity index (χ0v) is 10.6. The molecule has 1 aromatic carbocycles. The van der Waals surface area contributed by atoms with E-state index in [4.69, 9.17) is 5.26 Å². The summed E-state index contributed by atoms with van der Waals surface area (Å²) in [6.07, 6.45) is -5.14. The summed E-state index contributed by atoms with van der Waals surface area (Å²) in [5.41, 5.74) is -1.01. The molecule has 19 heavy (non-hydrogen) atoms. The Bertz CT molecular complexity index is 478. The van der Waals surface area contributed by atoms with E-state index >= 15 is 0 Å². The molecule has 1 aromatic rings. The maximum absolute atomic E-state index is 12.6. The van der Waals surface area contributed by atoms with Crippen molar-refractivity contribution in [1.29, 1.82) is 5.26 Å². The second kappa shape index (κ2) is 5.93. The highest BCUT2D eigenvalue weighted by molar-refractivity contribution is 5.53. The molecule has 6 heteroatoms. The summed E-state index contributed by atoms with van der Waals surface area (Å²) in [7, 11) is 0. The molecule has 0 aromatic heterocycles. The number of aliphatic hydroxyl groups excluding tert-OH is 1. The first-order valence-corrected chi connectivity index (χ1v) is 5.79. The third-order valence-electron chi connectivity index (χ3n) is 2.73. The molecule has 0 saturated carbocycles. The molecule has 0 aliphatic rings. The Hall–Kier alpha value is -1.74. The van der Waals surface area contributed by atoms with Gasteiger partial charge in [-0.15, -0.1) is 0 Å². The van der Waals surface area contributed by atoms with Gasteiger partial charge in [0.1, 0.15) is 0 Å². The molecule has 0 heterocycles. The van der Waals surface area contributed by atoms with Crippen molar-refractivity contribution in [3.05, 3.63) is 29.3 Å². The molecule has 1 atom stereocenters. The van der Waals surface area contributed by atoms with Crippen LogP contribution in [0.5, 0.6) is 0 Å². The summed E-state index contributed by atoms with van der Waals surface area (Å²) in [6.45, 7) is 3.88. The number of anilines is 1. The van der Waals surface area contributed by atoms with Crippen LogP contribution < -0.4 is 5.32 Å². The minimum absolute atomic E-state index is 0.0392. The number of hydrogen-bond donors (Lipinski definition) is 2. The Morgan fingerprint density at radius 2 is 2.00 bits per heavy atom. The number of aliphatic hydroxyl groups is 1. The second-order valence-electron chi connectivity index (χ2n) is 4.56. The molecule has 0 aliphatic carbocycles. The van der Waals surface area contributed by atoms with Crippen LogP contribution in [0.4, 0.5) is 18.9 Å². The third kappa shape index (κ3) is 4.14. The smallest absolute Gasteiger partial charge is 0.391 e. The van der Waals surface area contributed by atoms with Gasteiger partial charge in [-0.3, -0.25) is 0 Å². The monoisotopic (exact) mass is 272 g/mol. The maximum Gasteiger partial charge on any atom is 0.417 e. The lowest BCUT2D eigenvalue weighted by Gasteiger charge is -2.16. The Morgan fingerprint density at radius 1 is 1.37 bits per heavy atom. The SMILES string of the molecule is CC(C)C(O)CNc1ccc(C(F)(F)F)c(C#N)c1. The fourth-order valence-corrected chi connectivity index (χ4v) is 1.45. The van der Waals surface area contributed by atoms with Gasteiger partial charge < -0.3 is 10.4 Å². The highest BCUT2D eigenvalue weighted by atomic mass is 19.4. The van der Waals surface area contributed by atoms with Crippen molar-refractivity contribution in [2.45, 2.75) is 26.1 Å². The normalized spacial score (nSPS) is 13.2. The molecule has 0 radical (unpaired) electrons. The number of nitriles is 1. The molecule has 2 N–H and O–H groups in total. The lowest BCUT2D eigenvalue weighted by Crippen LogP contribution is -2.24. The fourth-order valence-electron chi connectivity index (χ4n) is 1.45. The third-order valence-corrected chi connectivity index (χ3v) is 2.73. The van der Waals surface area contributed by atoms with E-state index in [2.05, 4.69) is 5.32 Å². The molecule has 0 spiro atoms. The van der Waals surface area contributed by atoms with E-state index < -0.39 is 23.4 Å². The molecule has 3 nitrogen and oxygen atoms in total. The molecule has 0 fully saturated rings. The number of benzene rings is 1. The molecule has 0 aliphatic heterocycles. The first-order valence-electron chi connectivity index (χ1n) is 5.79. The topological polar surface area (TPSA) is 56.0 Å². The van der Waals surface area contributed by atoms with E-state index in [1.165, 1.54) is 12.1 Å². The van der Waals surface area contributed by atoms with Crippen LogP contribution in [0.25, 0.3) is 0 Å². The lowest BCUT2D eigenvalue weighted by molar-refractivity contribution is -0.137. The summed E-state index contributed by atoms with van der Waals surface area (Å²) >= 11 is 0. The summed E-state index contributed by atoms with van der Waals surface area (Å²) in [5.74, 6) is 0.0392. The van der Waals surface area contributed by atoms with Crippen molar-refractivity contribution in [2.75, 3.05) is 11.9 Å². The van der Waals surface area contributed by atoms with E-state index in [9.17, 15) is 18.3 Å². The van der Waals surface area contributed by atoms with E-state index in [0.29, 0.717) is 5.69 Å². The van der Waals surface area contributed by atoms with E-state index in [-0.39, 0.29) is 12.5 Å². The quantitative estimate of drug-likeness (QED) is 0.885. The van der Waals surface area contributed by atoms with Gasteiger partial charge in [0.2, 0.25) is 0 Å². The van der Waals surface area contributed by atoms with Crippen LogP contribution in [-0.2, 0) is 6.18 Å². The average Bonchev–Trinajstić information content (AvgIpc) is 2.34. The Kier molecular flexibility index (Phi) is 4.78. The minimum Gasteiger partial charge on any atom is -0.391 e. The van der Waals surface area contributed by atoms with Crippen LogP contribution in [0.3, 0.4) is 0 Å². The molecule has 104 valence electrons. The van der Waals surface area contributed by atoms with Gasteiger partial charge in [-0.1, -0.05) is 13.8 Å². The molecule has 0 saturated heterocycles. The lowest BCUT2D eigenvalue weighted by atomic mass is 10.1. The summed E-state index contributed by atoms with van der Waals surface area (Å²) in [4.78, 5) is 0. The van der Waals surface area contributed by atoms with Crippen molar-refractivity contribution in [2.24, 2.45) is 5.92 Å². The van der Waals surface area contributed by atoms with Crippen LogP contribution in [0.15, 0.2) is 18.2 Å². The standard InChI is InChI=1S/C13H15F3N2O/c1-8(2)12(19)7-18-10-3-4-11(13(14,15)16)9(5-10)6-17/h3-5,8,12,18-19H,7H2,1-2H3. The minimum atomic E-state index is -4.54. The first-order chi connectivity index (χ1) is 8.75. The molecule has 0 bridgehead atoms. The van der Waals surface area contributed by atoms with Crippen molar-refractivity contribution < 1.29 is 18.3 Å². The van der Waals surface area contributed by atoms with Crippen LogP contribution >= 0.6 is 0 Å². The van der Waals surface area contributed by atoms with Crippen molar-refractivity contribution in [3.8, 4) is 6.07 Å². The van der Waals surface area contributed by atoms with Crippen molar-refractivity contribution in [3.63, 3.8) is 0 Å². The van der Waals surface area contributed by atoms with E-state index in [1.54, 1.807) is 0 Å². The second-order valence-corrected chi connectivity index (χ2v) is 4.56. The summed E-state index contributed by atoms with van der Waals surface area (Å²) < 4.78 is 37.7. The Balaban J connectivity index is 2.87. The van der Waals surface area contributed by atoms with Crippen LogP contribution in [-0.4, -0.2) is 17.8 Å². The Morgan fingerprint density at radius 3 is 2.47 bits per heavy atom. The first kappa shape index (κ1) is 15.3. The number of nitrogens with zero attached hydrogens (tertiary/aromatic N) is 1. The molecule has 1 rings (SSSR count). The van der Waals surface area contributed by atoms with Crippen molar-refractivity contribution >= 4 is 5.69 Å².